The number of hydrogen-bond donors (Lipinski definition) is 0. The van der Waals surface area contributed by atoms with E-state index in [1.165, 1.54) is 76.8 Å². The Kier molecular flexibility index (Phi) is 6.93. The summed E-state index contributed by atoms with van der Waals surface area (Å²) in [6.45, 7) is 4.76. The van der Waals surface area contributed by atoms with Gasteiger partial charge < -0.3 is 0 Å². The highest BCUT2D eigenvalue weighted by atomic mass is 14.9. The summed E-state index contributed by atoms with van der Waals surface area (Å²) in [6, 6.07) is 65.9. The predicted molar refractivity (Wildman–Crippen MR) is 231 cm³/mol. The van der Waals surface area contributed by atoms with Gasteiger partial charge in [-0.3, -0.25) is 0 Å². The molecule has 2 heteroatoms. The Morgan fingerprint density at radius 3 is 1.47 bits per heavy atom. The minimum absolute atomic E-state index is 0.143. The van der Waals surface area contributed by atoms with Crippen LogP contribution in [-0.2, 0) is 5.41 Å². The van der Waals surface area contributed by atoms with Crippen LogP contribution in [0.3, 0.4) is 0 Å². The molecule has 1 aliphatic carbocycles. The molecule has 9 aromatic carbocycles. The van der Waals surface area contributed by atoms with Gasteiger partial charge in [0.1, 0.15) is 0 Å². The summed E-state index contributed by atoms with van der Waals surface area (Å²) in [5.74, 6) is 0.727. The summed E-state index contributed by atoms with van der Waals surface area (Å²) >= 11 is 0. The lowest BCUT2D eigenvalue weighted by Crippen LogP contribution is -2.15. The Bertz CT molecular complexity index is 3140. The van der Waals surface area contributed by atoms with Crippen LogP contribution in [0.5, 0.6) is 0 Å². The minimum atomic E-state index is -0.143. The molecule has 0 bridgehead atoms. The third kappa shape index (κ3) is 4.95. The van der Waals surface area contributed by atoms with Gasteiger partial charge in [0.25, 0.3) is 0 Å². The molecule has 0 saturated heterocycles. The van der Waals surface area contributed by atoms with Crippen LogP contribution in [0.1, 0.15) is 25.0 Å². The molecule has 0 N–H and O–H groups in total. The van der Waals surface area contributed by atoms with Crippen molar-refractivity contribution in [3.8, 4) is 56.0 Å². The van der Waals surface area contributed by atoms with E-state index in [-0.39, 0.29) is 5.41 Å². The fourth-order valence-electron chi connectivity index (χ4n) is 9.00. The Morgan fingerprint density at radius 2 is 0.800 bits per heavy atom. The highest BCUT2D eigenvalue weighted by molar-refractivity contribution is 6.26. The molecule has 55 heavy (non-hydrogen) atoms. The first kappa shape index (κ1) is 31.6. The Hall–Kier alpha value is -6.90. The van der Waals surface area contributed by atoms with E-state index in [0.29, 0.717) is 0 Å². The molecule has 1 heterocycles. The average molecular weight is 701 g/mol. The van der Waals surface area contributed by atoms with Crippen molar-refractivity contribution >= 4 is 43.2 Å². The highest BCUT2D eigenvalue weighted by Crippen LogP contribution is 2.52. The fourth-order valence-corrected chi connectivity index (χ4v) is 9.00. The second kappa shape index (κ2) is 12.1. The summed E-state index contributed by atoms with van der Waals surface area (Å²) in [4.78, 5) is 10.2. The van der Waals surface area contributed by atoms with Gasteiger partial charge in [0.15, 0.2) is 5.82 Å². The number of nitrogens with zero attached hydrogens (tertiary/aromatic N) is 2. The van der Waals surface area contributed by atoms with E-state index in [1.54, 1.807) is 0 Å². The van der Waals surface area contributed by atoms with Gasteiger partial charge in [-0.2, -0.15) is 0 Å². The number of aromatic nitrogens is 2. The smallest absolute Gasteiger partial charge is 0.160 e. The maximum atomic E-state index is 5.19. The second-order valence-corrected chi connectivity index (χ2v) is 15.4. The molecule has 1 aromatic heterocycles. The number of benzene rings is 9. The first-order chi connectivity index (χ1) is 27.0. The van der Waals surface area contributed by atoms with Crippen LogP contribution < -0.4 is 0 Å². The van der Waals surface area contributed by atoms with E-state index in [1.807, 2.05) is 12.1 Å². The van der Waals surface area contributed by atoms with Gasteiger partial charge in [-0.05, 0) is 101 Å². The third-order valence-corrected chi connectivity index (χ3v) is 11.9. The van der Waals surface area contributed by atoms with Crippen LogP contribution in [0.15, 0.2) is 182 Å². The lowest BCUT2D eigenvalue weighted by Gasteiger charge is -2.23. The largest absolute Gasteiger partial charge is 0.228 e. The van der Waals surface area contributed by atoms with Gasteiger partial charge in [0.2, 0.25) is 0 Å². The molecule has 0 amide bonds. The van der Waals surface area contributed by atoms with Gasteiger partial charge in [-0.25, -0.2) is 9.97 Å². The summed E-state index contributed by atoms with van der Waals surface area (Å²) in [6.07, 6.45) is 0. The Balaban J connectivity index is 0.966. The summed E-state index contributed by atoms with van der Waals surface area (Å²) in [7, 11) is 0. The van der Waals surface area contributed by atoms with Gasteiger partial charge in [0, 0.05) is 21.9 Å². The van der Waals surface area contributed by atoms with Gasteiger partial charge >= 0.3 is 0 Å². The second-order valence-electron chi connectivity index (χ2n) is 15.4. The topological polar surface area (TPSA) is 25.8 Å². The molecule has 0 unspecified atom stereocenters. The molecule has 0 radical (unpaired) electrons. The van der Waals surface area contributed by atoms with E-state index in [2.05, 4.69) is 184 Å². The number of fused-ring (bicyclic) bond motifs is 10. The van der Waals surface area contributed by atoms with E-state index >= 15 is 0 Å². The van der Waals surface area contributed by atoms with Crippen LogP contribution in [0.25, 0.3) is 99.2 Å². The van der Waals surface area contributed by atoms with Crippen molar-refractivity contribution in [1.29, 1.82) is 0 Å². The number of rotatable bonds is 4. The van der Waals surface area contributed by atoms with Crippen molar-refractivity contribution in [3.63, 3.8) is 0 Å². The van der Waals surface area contributed by atoms with Crippen molar-refractivity contribution in [2.24, 2.45) is 0 Å². The summed E-state index contributed by atoms with van der Waals surface area (Å²) in [5.41, 5.74) is 14.0. The average Bonchev–Trinajstić information content (AvgIpc) is 3.47. The third-order valence-electron chi connectivity index (χ3n) is 11.9. The summed E-state index contributed by atoms with van der Waals surface area (Å²) in [5, 5.41) is 8.94. The van der Waals surface area contributed by atoms with E-state index < -0.39 is 0 Å². The molecule has 10 aromatic rings. The van der Waals surface area contributed by atoms with Crippen LogP contribution >= 0.6 is 0 Å². The Labute approximate surface area is 320 Å². The maximum Gasteiger partial charge on any atom is 0.160 e. The van der Waals surface area contributed by atoms with Gasteiger partial charge in [-0.15, -0.1) is 0 Å². The molecule has 2 nitrogen and oxygen atoms in total. The number of para-hydroxylation sites is 1. The molecule has 0 fully saturated rings. The quantitative estimate of drug-likeness (QED) is 0.171. The molecule has 11 rings (SSSR count). The standard InChI is InChI=1S/C53H36N2/c1-53(2)48-30-38(28-29-43(48)47-31-45-41-16-8-6-14-39(41)40-15-7-9-17-42(40)46(45)32-49(47)53)35-22-26-37(27-23-35)52-54-50-19-11-10-18-44(50)51(55-52)36-24-20-34(21-25-36)33-12-4-3-5-13-33/h3-32H,1-2H3. The molecular formula is C53H36N2. The maximum absolute atomic E-state index is 5.19. The lowest BCUT2D eigenvalue weighted by molar-refractivity contribution is 0.661. The lowest BCUT2D eigenvalue weighted by atomic mass is 9.80. The zero-order valence-corrected chi connectivity index (χ0v) is 30.7. The molecule has 0 spiro atoms. The predicted octanol–water partition coefficient (Wildman–Crippen LogP) is 14.1. The first-order valence-corrected chi connectivity index (χ1v) is 19.1. The van der Waals surface area contributed by atoms with E-state index in [0.717, 1.165) is 33.5 Å². The van der Waals surface area contributed by atoms with Crippen molar-refractivity contribution in [1.82, 2.24) is 9.97 Å². The molecule has 0 aliphatic heterocycles. The molecule has 0 saturated carbocycles. The van der Waals surface area contributed by atoms with Crippen molar-refractivity contribution in [2.45, 2.75) is 19.3 Å². The van der Waals surface area contributed by atoms with E-state index in [4.69, 9.17) is 9.97 Å². The molecule has 0 atom stereocenters. The first-order valence-electron chi connectivity index (χ1n) is 19.1. The summed E-state index contributed by atoms with van der Waals surface area (Å²) < 4.78 is 0. The SMILES string of the molecule is CC1(C)c2cc(-c3ccc(-c4nc(-c5ccc(-c6ccccc6)cc5)c5ccccc5n4)cc3)ccc2-c2cc3c4ccccc4c4ccccc4c3cc21. The van der Waals surface area contributed by atoms with Crippen LogP contribution in [0.4, 0.5) is 0 Å². The van der Waals surface area contributed by atoms with Gasteiger partial charge in [0.05, 0.1) is 11.2 Å². The van der Waals surface area contributed by atoms with Crippen molar-refractivity contribution in [3.05, 3.63) is 193 Å². The molecule has 1 aliphatic rings. The number of hydrogen-bond acceptors (Lipinski definition) is 2. The van der Waals surface area contributed by atoms with Crippen LogP contribution in [0.2, 0.25) is 0 Å². The molecule has 258 valence electrons. The molecular weight excluding hydrogens is 665 g/mol. The zero-order valence-electron chi connectivity index (χ0n) is 30.7. The van der Waals surface area contributed by atoms with E-state index in [9.17, 15) is 0 Å². The highest BCUT2D eigenvalue weighted by Gasteiger charge is 2.36. The van der Waals surface area contributed by atoms with Gasteiger partial charge in [-0.1, -0.05) is 172 Å². The zero-order chi connectivity index (χ0) is 36.7. The van der Waals surface area contributed by atoms with Crippen molar-refractivity contribution in [2.75, 3.05) is 0 Å². The minimum Gasteiger partial charge on any atom is -0.228 e. The van der Waals surface area contributed by atoms with Crippen LogP contribution in [0, 0.1) is 0 Å². The normalized spacial score (nSPS) is 13.1. The monoisotopic (exact) mass is 700 g/mol. The fraction of sp³-hybridized carbons (Fsp3) is 0.0566. The van der Waals surface area contributed by atoms with Crippen molar-refractivity contribution < 1.29 is 0 Å². The Morgan fingerprint density at radius 1 is 0.327 bits per heavy atom. The van der Waals surface area contributed by atoms with Crippen LogP contribution in [-0.4, -0.2) is 9.97 Å².